The number of anilines is 1. The van der Waals surface area contributed by atoms with Gasteiger partial charge in [-0.3, -0.25) is 4.79 Å². The molecule has 0 spiro atoms. The van der Waals surface area contributed by atoms with Gasteiger partial charge in [0.25, 0.3) is 5.91 Å². The number of nitrogens with one attached hydrogen (secondary N) is 2. The summed E-state index contributed by atoms with van der Waals surface area (Å²) in [5, 5.41) is 14.2. The van der Waals surface area contributed by atoms with E-state index < -0.39 is 5.97 Å². The van der Waals surface area contributed by atoms with Crippen LogP contribution in [0.1, 0.15) is 53.6 Å². The molecule has 3 atom stereocenters. The number of aromatic amines is 1. The Balaban J connectivity index is 0.00000190. The number of amides is 1. The number of H-pyrrole nitrogens is 1. The van der Waals surface area contributed by atoms with Gasteiger partial charge in [-0.2, -0.15) is 0 Å². The van der Waals surface area contributed by atoms with E-state index in [4.69, 9.17) is 28.2 Å². The van der Waals surface area contributed by atoms with Gasteiger partial charge >= 0.3 is 24.8 Å². The van der Waals surface area contributed by atoms with Crippen LogP contribution in [0.2, 0.25) is 10.0 Å². The monoisotopic (exact) mass is 540 g/mol. The Bertz CT molecular complexity index is 1330. The quantitative estimate of drug-likeness (QED) is 0.432. The first-order valence-corrected chi connectivity index (χ1v) is 13.0. The molecule has 2 fully saturated rings. The van der Waals surface area contributed by atoms with Crippen molar-refractivity contribution in [2.45, 2.75) is 39.2 Å². The summed E-state index contributed by atoms with van der Waals surface area (Å²) >= 11 is 13.5. The largest absolute Gasteiger partial charge is 1.00 e. The number of hydrogen-bond donors (Lipinski definition) is 3. The number of aryl methyl sites for hydroxylation is 1. The Morgan fingerprint density at radius 2 is 1.78 bits per heavy atom. The Kier molecular flexibility index (Phi) is 7.33. The Labute approximate surface area is 237 Å². The van der Waals surface area contributed by atoms with Crippen molar-refractivity contribution in [3.8, 4) is 11.3 Å². The first kappa shape index (κ1) is 27.1. The molecule has 1 saturated heterocycles. The number of piperidine rings is 1. The molecule has 0 radical (unpaired) electrons. The molecule has 1 unspecified atom stereocenters. The summed E-state index contributed by atoms with van der Waals surface area (Å²) in [6.45, 7) is 9.61. The van der Waals surface area contributed by atoms with E-state index in [1.165, 1.54) is 16.9 Å². The van der Waals surface area contributed by atoms with Gasteiger partial charge in [0.1, 0.15) is 10.6 Å². The van der Waals surface area contributed by atoms with Crippen LogP contribution in [0.15, 0.2) is 24.3 Å². The van der Waals surface area contributed by atoms with Crippen LogP contribution in [0.4, 0.5) is 5.13 Å². The second kappa shape index (κ2) is 9.73. The predicted molar refractivity (Wildman–Crippen MR) is 140 cm³/mol. The molecule has 7 nitrogen and oxygen atoms in total. The number of rotatable bonds is 5. The molecule has 5 rings (SSSR count). The van der Waals surface area contributed by atoms with Gasteiger partial charge < -0.3 is 21.7 Å². The predicted octanol–water partition coefficient (Wildman–Crippen LogP) is 2.73. The van der Waals surface area contributed by atoms with Gasteiger partial charge in [0.05, 0.1) is 15.7 Å². The Morgan fingerprint density at radius 1 is 1.17 bits per heavy atom. The van der Waals surface area contributed by atoms with E-state index in [0.717, 1.165) is 5.56 Å². The second-order valence-corrected chi connectivity index (χ2v) is 12.0. The molecule has 0 bridgehead atoms. The maximum atomic E-state index is 12.7. The molecule has 3 aromatic rings. The Hall–Kier alpha value is -1.95. The fourth-order valence-corrected chi connectivity index (χ4v) is 6.12. The number of benzene rings is 1. The summed E-state index contributed by atoms with van der Waals surface area (Å²) in [5.74, 6) is -0.666. The van der Waals surface area contributed by atoms with Crippen molar-refractivity contribution >= 4 is 51.5 Å². The number of hydrogen-bond acceptors (Lipinski definition) is 5. The van der Waals surface area contributed by atoms with E-state index in [2.05, 4.69) is 36.0 Å². The number of aromatic carboxylic acids is 1. The summed E-state index contributed by atoms with van der Waals surface area (Å²) in [7, 11) is 0. The number of fused-ring (bicyclic) bond motifs is 1. The van der Waals surface area contributed by atoms with Gasteiger partial charge in [-0.25, -0.2) is 9.78 Å². The summed E-state index contributed by atoms with van der Waals surface area (Å²) in [5.41, 5.74) is 3.43. The van der Waals surface area contributed by atoms with Crippen LogP contribution in [0, 0.1) is 18.8 Å². The maximum Gasteiger partial charge on any atom is 1.00 e. The molecule has 1 aliphatic heterocycles. The van der Waals surface area contributed by atoms with Crippen LogP contribution in [0.5, 0.6) is 0 Å². The van der Waals surface area contributed by atoms with Gasteiger partial charge in [0.15, 0.2) is 5.13 Å². The SMILES string of the molecule is Cc1[nH]c(C(=O)NC2[C@H]3CN(c4nc(-c5ccc(C(C)(C)C)cc5)c(C(=O)O)s4)C[C@@H]23)c(Cl)c1Cl.[H-].[Li+]. The molecular weight excluding hydrogens is 514 g/mol. The molecule has 11 heteroatoms. The zero-order valence-electron chi connectivity index (χ0n) is 21.8. The minimum absolute atomic E-state index is 0. The van der Waals surface area contributed by atoms with E-state index in [1.807, 2.05) is 24.3 Å². The molecule has 1 aromatic carbocycles. The van der Waals surface area contributed by atoms with Gasteiger partial charge in [-0.1, -0.05) is 79.6 Å². The summed E-state index contributed by atoms with van der Waals surface area (Å²) < 4.78 is 0. The third-order valence-corrected chi connectivity index (χ3v) is 8.93. The van der Waals surface area contributed by atoms with Crippen molar-refractivity contribution in [2.24, 2.45) is 11.8 Å². The average Bonchev–Trinajstić information content (AvgIpc) is 3.19. The standard InChI is InChI=1S/C25H26Cl2N4O3S.Li.H/c1-11-16(26)17(27)20(28-11)22(32)29-19-14-9-31(10-15(14)19)24-30-18(21(35-24)23(33)34)12-5-7-13(8-6-12)25(2,3)4;;/h5-8,14-15,19,28H,9-10H2,1-4H3,(H,29,32)(H,33,34);;/q;+1;-1/t14-,15+,19?;;. The fraction of sp³-hybridized carbons (Fsp3) is 0.400. The van der Waals surface area contributed by atoms with E-state index in [9.17, 15) is 14.7 Å². The average molecular weight is 541 g/mol. The number of thiazole rings is 1. The number of carbonyl (C=O) groups is 2. The molecule has 1 amide bonds. The zero-order valence-corrected chi connectivity index (χ0v) is 23.1. The van der Waals surface area contributed by atoms with E-state index >= 15 is 0 Å². The maximum absolute atomic E-state index is 12.7. The molecular formula is C25H27Cl2LiN4O3S. The topological polar surface area (TPSA) is 98.3 Å². The zero-order chi connectivity index (χ0) is 25.2. The summed E-state index contributed by atoms with van der Waals surface area (Å²) in [4.78, 5) is 34.6. The van der Waals surface area contributed by atoms with Crippen molar-refractivity contribution in [1.29, 1.82) is 0 Å². The molecule has 36 heavy (non-hydrogen) atoms. The fourth-order valence-electron chi connectivity index (χ4n) is 4.76. The van der Waals surface area contributed by atoms with Crippen molar-refractivity contribution in [2.75, 3.05) is 18.0 Å². The van der Waals surface area contributed by atoms with Crippen LogP contribution < -0.4 is 29.1 Å². The third kappa shape index (κ3) is 4.82. The first-order chi connectivity index (χ1) is 16.5. The van der Waals surface area contributed by atoms with Crippen LogP contribution in [-0.2, 0) is 5.41 Å². The first-order valence-electron chi connectivity index (χ1n) is 11.4. The van der Waals surface area contributed by atoms with Gasteiger partial charge in [0.2, 0.25) is 0 Å². The number of carboxylic acid groups (broad SMARTS) is 1. The van der Waals surface area contributed by atoms with Crippen LogP contribution in [0.3, 0.4) is 0 Å². The van der Waals surface area contributed by atoms with E-state index in [-0.39, 0.29) is 65.1 Å². The van der Waals surface area contributed by atoms with Crippen molar-refractivity contribution in [1.82, 2.24) is 15.3 Å². The third-order valence-electron chi connectivity index (χ3n) is 6.88. The molecule has 3 N–H and O–H groups in total. The number of carbonyl (C=O) groups excluding carboxylic acids is 1. The molecule has 3 heterocycles. The van der Waals surface area contributed by atoms with E-state index in [0.29, 0.717) is 34.6 Å². The van der Waals surface area contributed by atoms with Crippen molar-refractivity contribution in [3.05, 3.63) is 56.1 Å². The molecule has 1 aliphatic carbocycles. The normalized spacial score (nSPS) is 20.6. The van der Waals surface area contributed by atoms with Gasteiger partial charge in [-0.15, -0.1) is 0 Å². The second-order valence-electron chi connectivity index (χ2n) is 10.3. The number of aromatic nitrogens is 2. The number of halogens is 2. The number of carboxylic acids is 1. The summed E-state index contributed by atoms with van der Waals surface area (Å²) in [6.07, 6.45) is 0. The number of nitrogens with zero attached hydrogens (tertiary/aromatic N) is 2. The van der Waals surface area contributed by atoms with Crippen molar-refractivity contribution in [3.63, 3.8) is 0 Å². The van der Waals surface area contributed by atoms with Crippen LogP contribution in [0.25, 0.3) is 11.3 Å². The summed E-state index contributed by atoms with van der Waals surface area (Å²) in [6, 6.07) is 8.00. The van der Waals surface area contributed by atoms with Crippen LogP contribution >= 0.6 is 34.5 Å². The van der Waals surface area contributed by atoms with E-state index in [1.54, 1.807) is 6.92 Å². The smallest absolute Gasteiger partial charge is 1.00 e. The molecule has 2 aliphatic rings. The minimum Gasteiger partial charge on any atom is -1.00 e. The van der Waals surface area contributed by atoms with Crippen LogP contribution in [-0.4, -0.2) is 46.1 Å². The molecule has 1 saturated carbocycles. The minimum atomic E-state index is -0.977. The molecule has 2 aromatic heterocycles. The van der Waals surface area contributed by atoms with Gasteiger partial charge in [0, 0.05) is 42.2 Å². The molecule has 186 valence electrons. The Morgan fingerprint density at radius 3 is 2.28 bits per heavy atom. The van der Waals surface area contributed by atoms with Crippen molar-refractivity contribution < 1.29 is 35.0 Å². The van der Waals surface area contributed by atoms with Gasteiger partial charge in [-0.05, 0) is 17.9 Å².